The first-order chi connectivity index (χ1) is 11.3. The van der Waals surface area contributed by atoms with E-state index in [1.165, 1.54) is 11.8 Å². The molecule has 2 N–H and O–H groups in total. The van der Waals surface area contributed by atoms with Crippen LogP contribution in [0.15, 0.2) is 29.2 Å². The zero-order chi connectivity index (χ0) is 17.9. The maximum absolute atomic E-state index is 12.4. The second-order valence-electron chi connectivity index (χ2n) is 5.19. The van der Waals surface area contributed by atoms with E-state index in [9.17, 15) is 9.59 Å². The van der Waals surface area contributed by atoms with Gasteiger partial charge in [0, 0.05) is 4.90 Å². The highest BCUT2D eigenvalue weighted by Gasteiger charge is 2.22. The first-order valence-corrected chi connectivity index (χ1v) is 9.29. The second kappa shape index (κ2) is 8.00. The maximum Gasteiger partial charge on any atom is 0.347 e. The van der Waals surface area contributed by atoms with Gasteiger partial charge in [-0.15, -0.1) is 23.1 Å². The number of halogens is 1. The Morgan fingerprint density at radius 2 is 2.00 bits per heavy atom. The molecule has 0 aliphatic rings. The molecule has 128 valence electrons. The first-order valence-electron chi connectivity index (χ1n) is 7.21. The topological polar surface area (TPSA) is 79.3 Å². The molecule has 8 heteroatoms. The highest BCUT2D eigenvalue weighted by molar-refractivity contribution is 8.00. The molecule has 24 heavy (non-hydrogen) atoms. The van der Waals surface area contributed by atoms with E-state index in [4.69, 9.17) is 16.7 Å². The number of carboxylic acid groups (broad SMARTS) is 1. The lowest BCUT2D eigenvalue weighted by atomic mass is 10.3. The number of thiazole rings is 1. The fourth-order valence-electron chi connectivity index (χ4n) is 1.98. The van der Waals surface area contributed by atoms with Gasteiger partial charge in [0.2, 0.25) is 5.91 Å². The molecule has 2 rings (SSSR count). The van der Waals surface area contributed by atoms with Gasteiger partial charge in [-0.2, -0.15) is 0 Å². The molecule has 0 fully saturated rings. The van der Waals surface area contributed by atoms with Gasteiger partial charge in [-0.05, 0) is 32.9 Å². The van der Waals surface area contributed by atoms with Crippen LogP contribution in [0.4, 0.5) is 0 Å². The zero-order valence-electron chi connectivity index (χ0n) is 13.4. The number of nitrogens with zero attached hydrogens (tertiary/aromatic N) is 1. The van der Waals surface area contributed by atoms with Crippen LogP contribution in [0, 0.1) is 6.92 Å². The number of nitrogens with one attached hydrogen (secondary N) is 1. The number of hydrogen-bond donors (Lipinski definition) is 2. The molecule has 0 saturated heterocycles. The Kier molecular flexibility index (Phi) is 6.26. The molecule has 0 aliphatic heterocycles. The lowest BCUT2D eigenvalue weighted by Gasteiger charge is -2.16. The van der Waals surface area contributed by atoms with Crippen molar-refractivity contribution in [2.45, 2.75) is 37.0 Å². The van der Waals surface area contributed by atoms with E-state index in [1.54, 1.807) is 26.8 Å². The lowest BCUT2D eigenvalue weighted by molar-refractivity contribution is -0.120. The van der Waals surface area contributed by atoms with Crippen molar-refractivity contribution >= 4 is 46.6 Å². The summed E-state index contributed by atoms with van der Waals surface area (Å²) in [4.78, 5) is 28.7. The van der Waals surface area contributed by atoms with Gasteiger partial charge in [0.1, 0.15) is 9.88 Å². The molecule has 1 aromatic heterocycles. The minimum absolute atomic E-state index is 0.155. The monoisotopic (exact) mass is 384 g/mol. The summed E-state index contributed by atoms with van der Waals surface area (Å²) in [5, 5.41) is 12.8. The summed E-state index contributed by atoms with van der Waals surface area (Å²) in [5.74, 6) is -1.16. The Labute approximate surface area is 153 Å². The molecule has 0 radical (unpaired) electrons. The van der Waals surface area contributed by atoms with E-state index in [2.05, 4.69) is 10.3 Å². The van der Waals surface area contributed by atoms with Crippen LogP contribution in [0.1, 0.15) is 40.3 Å². The molecule has 5 nitrogen and oxygen atoms in total. The van der Waals surface area contributed by atoms with Crippen molar-refractivity contribution in [3.8, 4) is 0 Å². The standard InChI is InChI=1S/C16H17ClN2O3S2/c1-8-13(16(21)22)24-15(19-8)9(2)18-14(20)10(3)23-12-7-5-4-6-11(12)17/h4-7,9-10H,1-3H3,(H,18,20)(H,21,22). The number of carbonyl (C=O) groups is 2. The highest BCUT2D eigenvalue weighted by Crippen LogP contribution is 2.30. The molecule has 2 unspecified atom stereocenters. The molecule has 0 spiro atoms. The van der Waals surface area contributed by atoms with Gasteiger partial charge >= 0.3 is 5.97 Å². The fourth-order valence-corrected chi connectivity index (χ4v) is 4.05. The van der Waals surface area contributed by atoms with Crippen LogP contribution < -0.4 is 5.32 Å². The van der Waals surface area contributed by atoms with Crippen molar-refractivity contribution in [1.29, 1.82) is 0 Å². The van der Waals surface area contributed by atoms with Crippen molar-refractivity contribution in [2.75, 3.05) is 0 Å². The smallest absolute Gasteiger partial charge is 0.347 e. The summed E-state index contributed by atoms with van der Waals surface area (Å²) in [6.45, 7) is 5.23. The number of rotatable bonds is 6. The number of aromatic carboxylic acids is 1. The minimum Gasteiger partial charge on any atom is -0.477 e. The van der Waals surface area contributed by atoms with Crippen molar-refractivity contribution in [3.63, 3.8) is 0 Å². The fraction of sp³-hybridized carbons (Fsp3) is 0.312. The Bertz CT molecular complexity index is 764. The third-order valence-corrected chi connectivity index (χ3v) is 6.19. The van der Waals surface area contributed by atoms with Gasteiger partial charge in [-0.3, -0.25) is 4.79 Å². The third kappa shape index (κ3) is 4.49. The molecular weight excluding hydrogens is 368 g/mol. The quantitative estimate of drug-likeness (QED) is 0.731. The molecule has 1 amide bonds. The van der Waals surface area contributed by atoms with Gasteiger partial charge in [0.05, 0.1) is 22.0 Å². The molecule has 0 saturated carbocycles. The Balaban J connectivity index is 2.02. The van der Waals surface area contributed by atoms with Gasteiger partial charge < -0.3 is 10.4 Å². The Hall–Kier alpha value is -1.57. The van der Waals surface area contributed by atoms with Crippen molar-refractivity contribution < 1.29 is 14.7 Å². The zero-order valence-corrected chi connectivity index (χ0v) is 15.8. The maximum atomic E-state index is 12.4. The number of thioether (sulfide) groups is 1. The van der Waals surface area contributed by atoms with Gasteiger partial charge in [-0.25, -0.2) is 9.78 Å². The number of aryl methyl sites for hydroxylation is 1. The predicted molar refractivity (Wildman–Crippen MR) is 97.1 cm³/mol. The SMILES string of the molecule is Cc1nc(C(C)NC(=O)C(C)Sc2ccccc2Cl)sc1C(=O)O. The molecular formula is C16H17ClN2O3S2. The Morgan fingerprint density at radius 1 is 1.33 bits per heavy atom. The van der Waals surface area contributed by atoms with E-state index in [0.717, 1.165) is 16.2 Å². The first kappa shape index (κ1) is 18.8. The summed E-state index contributed by atoms with van der Waals surface area (Å²) in [6, 6.07) is 6.99. The number of hydrogen-bond acceptors (Lipinski definition) is 5. The largest absolute Gasteiger partial charge is 0.477 e. The van der Waals surface area contributed by atoms with Gasteiger partial charge in [0.15, 0.2) is 0 Å². The number of aromatic nitrogens is 1. The number of carbonyl (C=O) groups excluding carboxylic acids is 1. The molecule has 0 bridgehead atoms. The summed E-state index contributed by atoms with van der Waals surface area (Å²) in [7, 11) is 0. The van der Waals surface area contributed by atoms with Crippen LogP contribution in [0.25, 0.3) is 0 Å². The van der Waals surface area contributed by atoms with Crippen LogP contribution in [0.5, 0.6) is 0 Å². The van der Waals surface area contributed by atoms with Crippen LogP contribution in [0.3, 0.4) is 0 Å². The predicted octanol–water partition coefficient (Wildman–Crippen LogP) is 4.16. The van der Waals surface area contributed by atoms with E-state index in [-0.39, 0.29) is 22.1 Å². The average Bonchev–Trinajstić information content (AvgIpc) is 2.91. The van der Waals surface area contributed by atoms with Crippen LogP contribution in [-0.2, 0) is 4.79 Å². The second-order valence-corrected chi connectivity index (χ2v) is 8.01. The van der Waals surface area contributed by atoms with E-state index in [0.29, 0.717) is 15.7 Å². The van der Waals surface area contributed by atoms with Crippen molar-refractivity contribution in [2.24, 2.45) is 0 Å². The molecule has 0 aliphatic carbocycles. The third-order valence-electron chi connectivity index (χ3n) is 3.25. The highest BCUT2D eigenvalue weighted by atomic mass is 35.5. The van der Waals surface area contributed by atoms with Crippen LogP contribution >= 0.6 is 34.7 Å². The molecule has 2 atom stereocenters. The van der Waals surface area contributed by atoms with Gasteiger partial charge in [0.25, 0.3) is 0 Å². The summed E-state index contributed by atoms with van der Waals surface area (Å²) in [5.41, 5.74) is 0.460. The summed E-state index contributed by atoms with van der Waals surface area (Å²) < 4.78 is 0. The van der Waals surface area contributed by atoms with E-state index >= 15 is 0 Å². The van der Waals surface area contributed by atoms with Crippen molar-refractivity contribution in [1.82, 2.24) is 10.3 Å². The summed E-state index contributed by atoms with van der Waals surface area (Å²) >= 11 is 8.56. The molecule has 2 aromatic rings. The summed E-state index contributed by atoms with van der Waals surface area (Å²) in [6.07, 6.45) is 0. The molecule has 1 heterocycles. The normalized spacial score (nSPS) is 13.3. The minimum atomic E-state index is -1.00. The Morgan fingerprint density at radius 3 is 2.58 bits per heavy atom. The van der Waals surface area contributed by atoms with E-state index in [1.807, 2.05) is 18.2 Å². The van der Waals surface area contributed by atoms with Crippen LogP contribution in [-0.4, -0.2) is 27.2 Å². The number of carboxylic acids is 1. The van der Waals surface area contributed by atoms with Crippen molar-refractivity contribution in [3.05, 3.63) is 44.9 Å². The average molecular weight is 385 g/mol. The van der Waals surface area contributed by atoms with E-state index < -0.39 is 5.97 Å². The lowest BCUT2D eigenvalue weighted by Crippen LogP contribution is -2.33. The van der Waals surface area contributed by atoms with Gasteiger partial charge in [-0.1, -0.05) is 23.7 Å². The number of amides is 1. The number of benzene rings is 1. The van der Waals surface area contributed by atoms with Crippen LogP contribution in [0.2, 0.25) is 5.02 Å². The molecule has 1 aromatic carbocycles.